The number of hydrogen-bond acceptors (Lipinski definition) is 3. The highest BCUT2D eigenvalue weighted by Crippen LogP contribution is 2.13. The van der Waals surface area contributed by atoms with Crippen LogP contribution < -0.4 is 5.32 Å². The number of benzene rings is 1. The molecule has 1 aromatic carbocycles. The Morgan fingerprint density at radius 2 is 2.12 bits per heavy atom. The first kappa shape index (κ1) is 9.75. The predicted octanol–water partition coefficient (Wildman–Crippen LogP) is 1.60. The normalized spacial score (nSPS) is 17.0. The monoisotopic (exact) mass is 213 g/mol. The molecule has 1 saturated heterocycles. The third-order valence-corrected chi connectivity index (χ3v) is 2.98. The molecule has 16 heavy (non-hydrogen) atoms. The van der Waals surface area contributed by atoms with Gasteiger partial charge in [0.15, 0.2) is 0 Å². The predicted molar refractivity (Wildman–Crippen MR) is 65.0 cm³/mol. The van der Waals surface area contributed by atoms with Gasteiger partial charge in [-0.25, -0.2) is 0 Å². The highest BCUT2D eigenvalue weighted by atomic mass is 15.3. The maximum atomic E-state index is 4.67. The molecule has 1 fully saturated rings. The molecule has 82 valence electrons. The van der Waals surface area contributed by atoms with E-state index in [-0.39, 0.29) is 0 Å². The average molecular weight is 213 g/mol. The van der Waals surface area contributed by atoms with Gasteiger partial charge < -0.3 is 5.32 Å². The molecule has 2 aromatic rings. The lowest BCUT2D eigenvalue weighted by Gasteiger charge is -2.13. The van der Waals surface area contributed by atoms with Crippen LogP contribution in [0.3, 0.4) is 0 Å². The molecule has 1 aromatic heterocycles. The van der Waals surface area contributed by atoms with E-state index in [1.54, 1.807) is 0 Å². The molecule has 0 atom stereocenters. The van der Waals surface area contributed by atoms with E-state index in [2.05, 4.69) is 39.5 Å². The van der Waals surface area contributed by atoms with E-state index in [4.69, 9.17) is 0 Å². The van der Waals surface area contributed by atoms with Crippen molar-refractivity contribution in [2.24, 2.45) is 0 Å². The van der Waals surface area contributed by atoms with Crippen molar-refractivity contribution in [1.29, 1.82) is 0 Å². The Balaban J connectivity index is 1.86. The molecule has 0 spiro atoms. The fourth-order valence-electron chi connectivity index (χ4n) is 2.11. The van der Waals surface area contributed by atoms with Gasteiger partial charge in [0, 0.05) is 31.7 Å². The second-order valence-electron chi connectivity index (χ2n) is 4.21. The molecule has 0 bridgehead atoms. The highest BCUT2D eigenvalue weighted by molar-refractivity contribution is 5.78. The summed E-state index contributed by atoms with van der Waals surface area (Å²) in [7, 11) is 0. The van der Waals surface area contributed by atoms with Gasteiger partial charge in [0.1, 0.15) is 0 Å². The fourth-order valence-corrected chi connectivity index (χ4v) is 2.11. The molecule has 1 N–H and O–H groups in total. The van der Waals surface area contributed by atoms with Crippen molar-refractivity contribution in [2.45, 2.75) is 6.54 Å². The zero-order chi connectivity index (χ0) is 10.8. The van der Waals surface area contributed by atoms with E-state index >= 15 is 0 Å². The van der Waals surface area contributed by atoms with Crippen LogP contribution in [-0.2, 0) is 6.54 Å². The number of hydrogen-bond donors (Lipinski definition) is 1. The Morgan fingerprint density at radius 1 is 1.19 bits per heavy atom. The maximum absolute atomic E-state index is 4.67. The lowest BCUT2D eigenvalue weighted by Crippen LogP contribution is -2.21. The largest absolute Gasteiger partial charge is 0.303 e. The Bertz CT molecular complexity index is 489. The van der Waals surface area contributed by atoms with Gasteiger partial charge in [0.2, 0.25) is 0 Å². The van der Waals surface area contributed by atoms with Crippen LogP contribution in [-0.4, -0.2) is 29.6 Å². The molecular weight excluding hydrogens is 198 g/mol. The molecule has 0 amide bonds. The molecule has 3 rings (SSSR count). The van der Waals surface area contributed by atoms with Crippen molar-refractivity contribution in [3.05, 3.63) is 42.1 Å². The van der Waals surface area contributed by atoms with Crippen LogP contribution in [0.15, 0.2) is 36.4 Å². The summed E-state index contributed by atoms with van der Waals surface area (Å²) in [5.74, 6) is 0. The summed E-state index contributed by atoms with van der Waals surface area (Å²) in [4.78, 5) is 7.04. The smallest absolute Gasteiger partial charge is 0.0705 e. The lowest BCUT2D eigenvalue weighted by atomic mass is 10.2. The van der Waals surface area contributed by atoms with Crippen molar-refractivity contribution < 1.29 is 0 Å². The number of pyridine rings is 1. The summed E-state index contributed by atoms with van der Waals surface area (Å²) in [6.07, 6.45) is 0. The molecule has 0 aliphatic carbocycles. The summed E-state index contributed by atoms with van der Waals surface area (Å²) >= 11 is 0. The molecule has 3 nitrogen and oxygen atoms in total. The van der Waals surface area contributed by atoms with Crippen LogP contribution >= 0.6 is 0 Å². The topological polar surface area (TPSA) is 28.2 Å². The van der Waals surface area contributed by atoms with Gasteiger partial charge in [-0.15, -0.1) is 0 Å². The molecule has 0 radical (unpaired) electrons. The van der Waals surface area contributed by atoms with Crippen molar-refractivity contribution >= 4 is 10.9 Å². The second-order valence-corrected chi connectivity index (χ2v) is 4.21. The Morgan fingerprint density at radius 3 is 3.00 bits per heavy atom. The molecule has 0 unspecified atom stereocenters. The minimum Gasteiger partial charge on any atom is -0.303 e. The van der Waals surface area contributed by atoms with Gasteiger partial charge in [-0.05, 0) is 12.1 Å². The Kier molecular flexibility index (Phi) is 2.56. The van der Waals surface area contributed by atoms with E-state index < -0.39 is 0 Å². The quantitative estimate of drug-likeness (QED) is 0.821. The van der Waals surface area contributed by atoms with E-state index in [1.165, 1.54) is 5.39 Å². The van der Waals surface area contributed by atoms with Gasteiger partial charge >= 0.3 is 0 Å². The van der Waals surface area contributed by atoms with Crippen LogP contribution in [0, 0.1) is 0 Å². The lowest BCUT2D eigenvalue weighted by molar-refractivity contribution is 0.324. The first-order valence-corrected chi connectivity index (χ1v) is 5.69. The standard InChI is InChI=1S/C13H15N3/c1-2-4-13-11(3-1)5-6-12(15-13)9-16-8-7-14-10-16/h1-6,14H,7-10H2. The van der Waals surface area contributed by atoms with Crippen molar-refractivity contribution in [1.82, 2.24) is 15.2 Å². The first-order chi connectivity index (χ1) is 7.92. The molecule has 0 saturated carbocycles. The number of nitrogens with zero attached hydrogens (tertiary/aromatic N) is 2. The number of nitrogens with one attached hydrogen (secondary N) is 1. The minimum atomic E-state index is 0.942. The number of aromatic nitrogens is 1. The van der Waals surface area contributed by atoms with Gasteiger partial charge in [0.25, 0.3) is 0 Å². The zero-order valence-corrected chi connectivity index (χ0v) is 9.19. The van der Waals surface area contributed by atoms with Gasteiger partial charge in [-0.3, -0.25) is 9.88 Å². The minimum absolute atomic E-state index is 0.942. The SMILES string of the molecule is c1ccc2nc(CN3CCNC3)ccc2c1. The third-order valence-electron chi connectivity index (χ3n) is 2.98. The molecular formula is C13H15N3. The van der Waals surface area contributed by atoms with Crippen LogP contribution in [0.1, 0.15) is 5.69 Å². The number of para-hydroxylation sites is 1. The molecule has 2 heterocycles. The van der Waals surface area contributed by atoms with Crippen LogP contribution in [0.2, 0.25) is 0 Å². The van der Waals surface area contributed by atoms with Crippen molar-refractivity contribution in [3.63, 3.8) is 0 Å². The van der Waals surface area contributed by atoms with E-state index in [0.717, 1.165) is 37.5 Å². The highest BCUT2D eigenvalue weighted by Gasteiger charge is 2.11. The van der Waals surface area contributed by atoms with Crippen LogP contribution in [0.25, 0.3) is 10.9 Å². The molecule has 3 heteroatoms. The van der Waals surface area contributed by atoms with E-state index in [0.29, 0.717) is 0 Å². The van der Waals surface area contributed by atoms with Crippen LogP contribution in [0.5, 0.6) is 0 Å². The van der Waals surface area contributed by atoms with E-state index in [1.807, 2.05) is 12.1 Å². The van der Waals surface area contributed by atoms with Crippen molar-refractivity contribution in [2.75, 3.05) is 19.8 Å². The summed E-state index contributed by atoms with van der Waals surface area (Å²) in [6, 6.07) is 12.5. The van der Waals surface area contributed by atoms with E-state index in [9.17, 15) is 0 Å². The number of fused-ring (bicyclic) bond motifs is 1. The molecule has 1 aliphatic rings. The maximum Gasteiger partial charge on any atom is 0.0705 e. The second kappa shape index (κ2) is 4.20. The average Bonchev–Trinajstić information content (AvgIpc) is 2.82. The Hall–Kier alpha value is -1.45. The fraction of sp³-hybridized carbons (Fsp3) is 0.308. The third kappa shape index (κ3) is 1.92. The zero-order valence-electron chi connectivity index (χ0n) is 9.19. The van der Waals surface area contributed by atoms with Gasteiger partial charge in [-0.1, -0.05) is 24.3 Å². The van der Waals surface area contributed by atoms with Crippen molar-refractivity contribution in [3.8, 4) is 0 Å². The summed E-state index contributed by atoms with van der Waals surface area (Å²) in [5.41, 5.74) is 2.24. The summed E-state index contributed by atoms with van der Waals surface area (Å²) in [5, 5.41) is 4.54. The molecule has 1 aliphatic heterocycles. The summed E-state index contributed by atoms with van der Waals surface area (Å²) < 4.78 is 0. The van der Waals surface area contributed by atoms with Gasteiger partial charge in [0.05, 0.1) is 11.2 Å². The van der Waals surface area contributed by atoms with Gasteiger partial charge in [-0.2, -0.15) is 0 Å². The van der Waals surface area contributed by atoms with Crippen LogP contribution in [0.4, 0.5) is 0 Å². The number of rotatable bonds is 2. The Labute approximate surface area is 95.1 Å². The summed E-state index contributed by atoms with van der Waals surface area (Å²) in [6.45, 7) is 4.13. The first-order valence-electron chi connectivity index (χ1n) is 5.69.